The van der Waals surface area contributed by atoms with Crippen LogP contribution in [0.2, 0.25) is 0 Å². The number of aromatic nitrogens is 3. The van der Waals surface area contributed by atoms with Gasteiger partial charge in [0.2, 0.25) is 5.95 Å². The highest BCUT2D eigenvalue weighted by Crippen LogP contribution is 2.22. The van der Waals surface area contributed by atoms with Crippen molar-refractivity contribution < 1.29 is 8.78 Å². The first kappa shape index (κ1) is 15.6. The van der Waals surface area contributed by atoms with Crippen LogP contribution in [0.25, 0.3) is 11.0 Å². The molecule has 1 N–H and O–H groups in total. The van der Waals surface area contributed by atoms with Gasteiger partial charge in [0.15, 0.2) is 0 Å². The minimum Gasteiger partial charge on any atom is -0.366 e. The highest BCUT2D eigenvalue weighted by Gasteiger charge is 2.22. The highest BCUT2D eigenvalue weighted by molar-refractivity contribution is 5.76. The maximum absolute atomic E-state index is 13.9. The van der Waals surface area contributed by atoms with Crippen molar-refractivity contribution in [1.29, 1.82) is 0 Å². The second-order valence-corrected chi connectivity index (χ2v) is 6.12. The van der Waals surface area contributed by atoms with Gasteiger partial charge in [0, 0.05) is 45.5 Å². The summed E-state index contributed by atoms with van der Waals surface area (Å²) in [6, 6.07) is 5.34. The van der Waals surface area contributed by atoms with Gasteiger partial charge in [-0.15, -0.1) is 0 Å². The van der Waals surface area contributed by atoms with Crippen LogP contribution >= 0.6 is 0 Å². The van der Waals surface area contributed by atoms with E-state index >= 15 is 0 Å². The second-order valence-electron chi connectivity index (χ2n) is 6.12. The van der Waals surface area contributed by atoms with Crippen molar-refractivity contribution in [3.63, 3.8) is 0 Å². The van der Waals surface area contributed by atoms with Gasteiger partial charge in [0.1, 0.15) is 17.3 Å². The monoisotopic (exact) mass is 345 g/mol. The fourth-order valence-corrected chi connectivity index (χ4v) is 3.18. The summed E-state index contributed by atoms with van der Waals surface area (Å²) in [5.41, 5.74) is 0.846. The van der Waals surface area contributed by atoms with Gasteiger partial charge in [0.25, 0.3) is 5.56 Å². The summed E-state index contributed by atoms with van der Waals surface area (Å²) in [4.78, 5) is 23.4. The van der Waals surface area contributed by atoms with Crippen molar-refractivity contribution in [2.45, 2.75) is 0 Å². The minimum absolute atomic E-state index is 0.174. The van der Waals surface area contributed by atoms with E-state index < -0.39 is 11.6 Å². The van der Waals surface area contributed by atoms with E-state index in [0.29, 0.717) is 48.8 Å². The SMILES string of the molecule is Cn1ccc2c(=O)[nH]c(N3CCN(c4ccc(F)cc4F)CC3)nc21. The summed E-state index contributed by atoms with van der Waals surface area (Å²) in [5.74, 6) is -0.638. The normalized spacial score (nSPS) is 15.2. The molecule has 3 heterocycles. The Morgan fingerprint density at radius 3 is 2.52 bits per heavy atom. The minimum atomic E-state index is -0.586. The molecule has 1 aliphatic heterocycles. The van der Waals surface area contributed by atoms with E-state index in [1.807, 2.05) is 16.8 Å². The van der Waals surface area contributed by atoms with Crippen LogP contribution < -0.4 is 15.4 Å². The standard InChI is InChI=1S/C17H17F2N5O/c1-22-5-4-12-15(22)20-17(21-16(12)25)24-8-6-23(7-9-24)14-3-2-11(18)10-13(14)19/h2-5,10H,6-9H2,1H3,(H,20,21,25). The van der Waals surface area contributed by atoms with Gasteiger partial charge in [-0.1, -0.05) is 0 Å². The van der Waals surface area contributed by atoms with Crippen LogP contribution in [0.5, 0.6) is 0 Å². The van der Waals surface area contributed by atoms with E-state index in [1.165, 1.54) is 12.1 Å². The van der Waals surface area contributed by atoms with Crippen LogP contribution in [-0.2, 0) is 7.05 Å². The number of aromatic amines is 1. The molecule has 6 nitrogen and oxygen atoms in total. The Morgan fingerprint density at radius 2 is 1.80 bits per heavy atom. The highest BCUT2D eigenvalue weighted by atomic mass is 19.1. The molecule has 1 aliphatic rings. The fraction of sp³-hybridized carbons (Fsp3) is 0.294. The number of piperazine rings is 1. The summed E-state index contributed by atoms with van der Waals surface area (Å²) < 4.78 is 28.8. The molecule has 0 aliphatic carbocycles. The lowest BCUT2D eigenvalue weighted by molar-refractivity contribution is 0.569. The van der Waals surface area contributed by atoms with Gasteiger partial charge in [-0.2, -0.15) is 4.98 Å². The Bertz CT molecular complexity index is 988. The van der Waals surface area contributed by atoms with Gasteiger partial charge >= 0.3 is 0 Å². The fourth-order valence-electron chi connectivity index (χ4n) is 3.18. The molecule has 0 bridgehead atoms. The zero-order valence-corrected chi connectivity index (χ0v) is 13.7. The molecule has 130 valence electrons. The van der Waals surface area contributed by atoms with Crippen molar-refractivity contribution in [3.8, 4) is 0 Å². The van der Waals surface area contributed by atoms with E-state index in [2.05, 4.69) is 9.97 Å². The van der Waals surface area contributed by atoms with Crippen LogP contribution in [-0.4, -0.2) is 40.7 Å². The molecule has 0 atom stereocenters. The number of hydrogen-bond acceptors (Lipinski definition) is 4. The van der Waals surface area contributed by atoms with E-state index in [1.54, 1.807) is 16.8 Å². The summed E-state index contributed by atoms with van der Waals surface area (Å²) in [5, 5.41) is 0.554. The van der Waals surface area contributed by atoms with Gasteiger partial charge < -0.3 is 14.4 Å². The van der Waals surface area contributed by atoms with E-state index in [4.69, 9.17) is 0 Å². The maximum atomic E-state index is 13.9. The average molecular weight is 345 g/mol. The van der Waals surface area contributed by atoms with E-state index in [9.17, 15) is 13.6 Å². The molecular weight excluding hydrogens is 328 g/mol. The summed E-state index contributed by atoms with van der Waals surface area (Å²) in [7, 11) is 1.84. The average Bonchev–Trinajstić information content (AvgIpc) is 2.97. The van der Waals surface area contributed by atoms with Gasteiger partial charge in [0.05, 0.1) is 11.1 Å². The van der Waals surface area contributed by atoms with Gasteiger partial charge in [-0.05, 0) is 18.2 Å². The third-order valence-corrected chi connectivity index (χ3v) is 4.55. The molecule has 8 heteroatoms. The third kappa shape index (κ3) is 2.73. The van der Waals surface area contributed by atoms with Crippen LogP contribution in [0.3, 0.4) is 0 Å². The number of nitrogens with zero attached hydrogens (tertiary/aromatic N) is 4. The number of aryl methyl sites for hydroxylation is 1. The van der Waals surface area contributed by atoms with Crippen molar-refractivity contribution in [3.05, 3.63) is 52.5 Å². The molecule has 1 saturated heterocycles. The molecule has 0 amide bonds. The third-order valence-electron chi connectivity index (χ3n) is 4.55. The van der Waals surface area contributed by atoms with Crippen LogP contribution in [0.15, 0.2) is 35.3 Å². The first-order chi connectivity index (χ1) is 12.0. The molecule has 2 aromatic heterocycles. The Morgan fingerprint density at radius 1 is 1.08 bits per heavy atom. The van der Waals surface area contributed by atoms with Crippen LogP contribution in [0, 0.1) is 11.6 Å². The maximum Gasteiger partial charge on any atom is 0.261 e. The largest absolute Gasteiger partial charge is 0.366 e. The van der Waals surface area contributed by atoms with Crippen molar-refractivity contribution in [1.82, 2.24) is 14.5 Å². The summed E-state index contributed by atoms with van der Waals surface area (Å²) >= 11 is 0. The number of rotatable bonds is 2. The smallest absolute Gasteiger partial charge is 0.261 e. The Labute approximate surface area is 142 Å². The molecule has 4 rings (SSSR count). The Hall–Kier alpha value is -2.90. The summed E-state index contributed by atoms with van der Waals surface area (Å²) in [6.07, 6.45) is 1.80. The first-order valence-corrected chi connectivity index (χ1v) is 8.03. The number of H-pyrrole nitrogens is 1. The Kier molecular flexibility index (Phi) is 3.67. The molecular formula is C17H17F2N5O. The number of halogens is 2. The quantitative estimate of drug-likeness (QED) is 0.770. The molecule has 25 heavy (non-hydrogen) atoms. The molecule has 3 aromatic rings. The molecule has 1 aromatic carbocycles. The van der Waals surface area contributed by atoms with Crippen molar-refractivity contribution in [2.75, 3.05) is 36.0 Å². The van der Waals surface area contributed by atoms with Crippen molar-refractivity contribution >= 4 is 22.7 Å². The zero-order chi connectivity index (χ0) is 17.6. The van der Waals surface area contributed by atoms with Crippen molar-refractivity contribution in [2.24, 2.45) is 7.05 Å². The predicted molar refractivity (Wildman–Crippen MR) is 92.1 cm³/mol. The predicted octanol–water partition coefficient (Wildman–Crippen LogP) is 1.87. The lowest BCUT2D eigenvalue weighted by Gasteiger charge is -2.36. The summed E-state index contributed by atoms with van der Waals surface area (Å²) in [6.45, 7) is 2.26. The number of nitrogens with one attached hydrogen (secondary N) is 1. The van der Waals surface area contributed by atoms with Crippen LogP contribution in [0.1, 0.15) is 0 Å². The van der Waals surface area contributed by atoms with E-state index in [-0.39, 0.29) is 5.56 Å². The lowest BCUT2D eigenvalue weighted by Crippen LogP contribution is -2.47. The Balaban J connectivity index is 1.56. The molecule has 0 saturated carbocycles. The topological polar surface area (TPSA) is 57.2 Å². The zero-order valence-electron chi connectivity index (χ0n) is 13.7. The van der Waals surface area contributed by atoms with E-state index in [0.717, 1.165) is 6.07 Å². The number of fused-ring (bicyclic) bond motifs is 1. The van der Waals surface area contributed by atoms with Gasteiger partial charge in [-0.3, -0.25) is 9.78 Å². The van der Waals surface area contributed by atoms with Crippen LogP contribution in [0.4, 0.5) is 20.4 Å². The van der Waals surface area contributed by atoms with Gasteiger partial charge in [-0.25, -0.2) is 8.78 Å². The number of anilines is 2. The molecule has 1 fully saturated rings. The first-order valence-electron chi connectivity index (χ1n) is 8.03. The number of hydrogen-bond donors (Lipinski definition) is 1. The second kappa shape index (κ2) is 5.87. The number of benzene rings is 1. The molecule has 0 spiro atoms. The lowest BCUT2D eigenvalue weighted by atomic mass is 10.2. The molecule has 0 radical (unpaired) electrons. The molecule has 0 unspecified atom stereocenters.